The van der Waals surface area contributed by atoms with Gasteiger partial charge in [-0.3, -0.25) is 0 Å². The molecule has 0 aromatic carbocycles. The van der Waals surface area contributed by atoms with Crippen LogP contribution >= 0.6 is 0 Å². The minimum Gasteiger partial charge on any atom is -0.193 e. The Hall–Kier alpha value is -0.770. The third-order valence-electron chi connectivity index (χ3n) is 6.03. The van der Waals surface area contributed by atoms with E-state index >= 15 is 0 Å². The number of hydrogen-bond acceptors (Lipinski definition) is 1. The molecule has 0 aliphatic heterocycles. The molecule has 1 nitrogen and oxygen atoms in total. The molecule has 118 valence electrons. The van der Waals surface area contributed by atoms with Gasteiger partial charge in [0.2, 0.25) is 0 Å². The lowest BCUT2D eigenvalue weighted by molar-refractivity contribution is 0.151. The van der Waals surface area contributed by atoms with Gasteiger partial charge in [-0.25, -0.2) is 0 Å². The molecule has 2 aliphatic rings. The van der Waals surface area contributed by atoms with Gasteiger partial charge < -0.3 is 0 Å². The first-order chi connectivity index (χ1) is 10.3. The van der Waals surface area contributed by atoms with E-state index in [-0.39, 0.29) is 0 Å². The number of nitriles is 1. The first-order valence-electron chi connectivity index (χ1n) is 9.39. The smallest absolute Gasteiger partial charge is 0.0908 e. The molecule has 0 heterocycles. The zero-order chi connectivity index (χ0) is 14.9. The molecule has 1 heteroatoms. The van der Waals surface area contributed by atoms with Crippen molar-refractivity contribution in [3.05, 3.63) is 12.2 Å². The Morgan fingerprint density at radius 1 is 0.905 bits per heavy atom. The molecule has 0 radical (unpaired) electrons. The van der Waals surface area contributed by atoms with E-state index in [9.17, 15) is 0 Å². The lowest BCUT2D eigenvalue weighted by Gasteiger charge is -2.37. The quantitative estimate of drug-likeness (QED) is 0.418. The highest BCUT2D eigenvalue weighted by Gasteiger charge is 2.30. The molecular formula is C20H33N. The Morgan fingerprint density at radius 2 is 1.52 bits per heavy atom. The molecule has 0 amide bonds. The monoisotopic (exact) mass is 287 g/mol. The molecule has 0 aromatic rings. The van der Waals surface area contributed by atoms with Crippen LogP contribution in [0.25, 0.3) is 0 Å². The number of unbranched alkanes of at least 4 members (excludes halogenated alkanes) is 2. The summed E-state index contributed by atoms with van der Waals surface area (Å²) in [5, 5.41) is 8.62. The summed E-state index contributed by atoms with van der Waals surface area (Å²) in [7, 11) is 0. The summed E-state index contributed by atoms with van der Waals surface area (Å²) < 4.78 is 0. The molecule has 0 bridgehead atoms. The Kier molecular flexibility index (Phi) is 7.34. The maximum absolute atomic E-state index is 8.62. The molecule has 2 aliphatic carbocycles. The zero-order valence-corrected chi connectivity index (χ0v) is 13.9. The Labute approximate surface area is 131 Å². The molecule has 21 heavy (non-hydrogen) atoms. The fourth-order valence-electron chi connectivity index (χ4n) is 4.62. The standard InChI is InChI=1S/C20H33N/c1-2-3-4-6-17-8-12-19(13-9-17)20-14-10-18(11-15-20)7-5-16-21/h5,7,17-20H,2-4,6,8-15H2,1H3/b7-5+. The molecule has 2 rings (SSSR count). The van der Waals surface area contributed by atoms with Crippen molar-refractivity contribution in [2.24, 2.45) is 23.7 Å². The van der Waals surface area contributed by atoms with Crippen molar-refractivity contribution in [2.45, 2.75) is 84.0 Å². The molecule has 0 saturated heterocycles. The van der Waals surface area contributed by atoms with E-state index in [2.05, 4.69) is 19.1 Å². The van der Waals surface area contributed by atoms with Gasteiger partial charge in [-0.15, -0.1) is 0 Å². The van der Waals surface area contributed by atoms with Crippen LogP contribution in [0.5, 0.6) is 0 Å². The predicted octanol–water partition coefficient (Wildman–Crippen LogP) is 6.26. The summed E-state index contributed by atoms with van der Waals surface area (Å²) in [6, 6.07) is 2.13. The van der Waals surface area contributed by atoms with Crippen LogP contribution in [0.2, 0.25) is 0 Å². The fourth-order valence-corrected chi connectivity index (χ4v) is 4.62. The van der Waals surface area contributed by atoms with Gasteiger partial charge in [-0.2, -0.15) is 5.26 Å². The minimum atomic E-state index is 0.686. The third-order valence-corrected chi connectivity index (χ3v) is 6.03. The topological polar surface area (TPSA) is 23.8 Å². The molecule has 2 saturated carbocycles. The van der Waals surface area contributed by atoms with Crippen LogP contribution in [0, 0.1) is 35.0 Å². The fraction of sp³-hybridized carbons (Fsp3) is 0.850. The summed E-state index contributed by atoms with van der Waals surface area (Å²) in [5.74, 6) is 3.75. The first kappa shape index (κ1) is 16.6. The van der Waals surface area contributed by atoms with E-state index in [1.54, 1.807) is 6.08 Å². The summed E-state index contributed by atoms with van der Waals surface area (Å²) >= 11 is 0. The second-order valence-corrected chi connectivity index (χ2v) is 7.44. The highest BCUT2D eigenvalue weighted by Crippen LogP contribution is 2.42. The Balaban J connectivity index is 1.65. The van der Waals surface area contributed by atoms with Crippen molar-refractivity contribution >= 4 is 0 Å². The number of hydrogen-bond donors (Lipinski definition) is 0. The van der Waals surface area contributed by atoms with Gasteiger partial charge in [0.05, 0.1) is 6.07 Å². The van der Waals surface area contributed by atoms with Crippen LogP contribution in [0.1, 0.15) is 84.0 Å². The van der Waals surface area contributed by atoms with E-state index in [4.69, 9.17) is 5.26 Å². The SMILES string of the molecule is CCCCCC1CCC(C2CCC(/C=C/C#N)CC2)CC1. The van der Waals surface area contributed by atoms with E-state index in [0.29, 0.717) is 5.92 Å². The molecule has 0 spiro atoms. The van der Waals surface area contributed by atoms with Crippen molar-refractivity contribution in [3.63, 3.8) is 0 Å². The van der Waals surface area contributed by atoms with Crippen molar-refractivity contribution in [1.82, 2.24) is 0 Å². The van der Waals surface area contributed by atoms with Crippen molar-refractivity contribution < 1.29 is 0 Å². The van der Waals surface area contributed by atoms with Gasteiger partial charge in [0.15, 0.2) is 0 Å². The average molecular weight is 287 g/mol. The van der Waals surface area contributed by atoms with Gasteiger partial charge in [-0.05, 0) is 62.2 Å². The third kappa shape index (κ3) is 5.50. The van der Waals surface area contributed by atoms with Gasteiger partial charge in [-0.1, -0.05) is 51.5 Å². The summed E-state index contributed by atoms with van der Waals surface area (Å²) in [6.45, 7) is 2.30. The molecule has 0 atom stereocenters. The maximum atomic E-state index is 8.62. The number of nitrogens with zero attached hydrogens (tertiary/aromatic N) is 1. The number of rotatable bonds is 6. The van der Waals surface area contributed by atoms with E-state index < -0.39 is 0 Å². The van der Waals surface area contributed by atoms with Crippen molar-refractivity contribution in [3.8, 4) is 6.07 Å². The molecular weight excluding hydrogens is 254 g/mol. The Bertz CT molecular complexity index is 335. The zero-order valence-electron chi connectivity index (χ0n) is 13.9. The van der Waals surface area contributed by atoms with Crippen LogP contribution in [-0.2, 0) is 0 Å². The summed E-state index contributed by atoms with van der Waals surface area (Å²) in [4.78, 5) is 0. The second kappa shape index (κ2) is 9.29. The van der Waals surface area contributed by atoms with Crippen molar-refractivity contribution in [2.75, 3.05) is 0 Å². The lowest BCUT2D eigenvalue weighted by Crippen LogP contribution is -2.25. The Morgan fingerprint density at radius 3 is 2.10 bits per heavy atom. The van der Waals surface area contributed by atoms with Gasteiger partial charge >= 0.3 is 0 Å². The van der Waals surface area contributed by atoms with E-state index in [0.717, 1.165) is 17.8 Å². The maximum Gasteiger partial charge on any atom is 0.0908 e. The first-order valence-corrected chi connectivity index (χ1v) is 9.39. The summed E-state index contributed by atoms with van der Waals surface area (Å²) in [6.07, 6.45) is 21.0. The van der Waals surface area contributed by atoms with Gasteiger partial charge in [0.25, 0.3) is 0 Å². The van der Waals surface area contributed by atoms with Gasteiger partial charge in [0.1, 0.15) is 0 Å². The molecule has 0 unspecified atom stereocenters. The highest BCUT2D eigenvalue weighted by molar-refractivity contribution is 5.04. The molecule has 0 aromatic heterocycles. The summed E-state index contributed by atoms with van der Waals surface area (Å²) in [5.41, 5.74) is 0. The van der Waals surface area contributed by atoms with Crippen LogP contribution in [0.3, 0.4) is 0 Å². The largest absolute Gasteiger partial charge is 0.193 e. The molecule has 2 fully saturated rings. The second-order valence-electron chi connectivity index (χ2n) is 7.44. The normalized spacial score (nSPS) is 33.9. The van der Waals surface area contributed by atoms with Crippen LogP contribution in [0.4, 0.5) is 0 Å². The average Bonchev–Trinajstić information content (AvgIpc) is 2.54. The van der Waals surface area contributed by atoms with Crippen LogP contribution in [0.15, 0.2) is 12.2 Å². The van der Waals surface area contributed by atoms with Gasteiger partial charge in [0, 0.05) is 6.08 Å². The number of allylic oxidation sites excluding steroid dienone is 2. The van der Waals surface area contributed by atoms with E-state index in [1.165, 1.54) is 77.0 Å². The van der Waals surface area contributed by atoms with E-state index in [1.807, 2.05) is 0 Å². The van der Waals surface area contributed by atoms with Crippen LogP contribution < -0.4 is 0 Å². The molecule has 0 N–H and O–H groups in total. The highest BCUT2D eigenvalue weighted by atomic mass is 14.4. The lowest BCUT2D eigenvalue weighted by atomic mass is 9.68. The minimum absolute atomic E-state index is 0.686. The predicted molar refractivity (Wildman–Crippen MR) is 89.8 cm³/mol. The van der Waals surface area contributed by atoms with Crippen molar-refractivity contribution in [1.29, 1.82) is 5.26 Å². The van der Waals surface area contributed by atoms with Crippen LogP contribution in [-0.4, -0.2) is 0 Å².